The lowest BCUT2D eigenvalue weighted by atomic mass is 10.2. The number of anilines is 2. The van der Waals surface area contributed by atoms with E-state index < -0.39 is 0 Å². The smallest absolute Gasteiger partial charge is 0.239 e. The second-order valence-corrected chi connectivity index (χ2v) is 4.86. The number of fused-ring (bicyclic) bond motifs is 1. The first-order valence-electron chi connectivity index (χ1n) is 6.74. The van der Waals surface area contributed by atoms with Crippen LogP contribution in [0.25, 0.3) is 10.9 Å². The summed E-state index contributed by atoms with van der Waals surface area (Å²) in [6.45, 7) is 0.223. The Morgan fingerprint density at radius 3 is 2.85 bits per heavy atom. The van der Waals surface area contributed by atoms with Crippen molar-refractivity contribution in [3.05, 3.63) is 24.3 Å². The number of hydrogen-bond donors (Lipinski definition) is 3. The molecule has 3 N–H and O–H groups in total. The van der Waals surface area contributed by atoms with Crippen LogP contribution in [0.3, 0.4) is 0 Å². The highest BCUT2D eigenvalue weighted by Gasteiger charge is 2.23. The molecule has 0 aliphatic heterocycles. The minimum atomic E-state index is 0.00111. The lowest BCUT2D eigenvalue weighted by Crippen LogP contribution is -2.31. The maximum absolute atomic E-state index is 11.7. The molecule has 1 amide bonds. The summed E-state index contributed by atoms with van der Waals surface area (Å²) in [4.78, 5) is 20.5. The molecule has 1 fully saturated rings. The third-order valence-electron chi connectivity index (χ3n) is 3.19. The Morgan fingerprint density at radius 1 is 1.30 bits per heavy atom. The van der Waals surface area contributed by atoms with Crippen LogP contribution in [-0.4, -0.2) is 35.5 Å². The molecule has 1 saturated carbocycles. The molecule has 0 bridgehead atoms. The molecule has 3 rings (SSSR count). The van der Waals surface area contributed by atoms with Crippen molar-refractivity contribution < 1.29 is 4.79 Å². The van der Waals surface area contributed by atoms with Gasteiger partial charge in [-0.15, -0.1) is 0 Å². The van der Waals surface area contributed by atoms with Crippen molar-refractivity contribution in [3.63, 3.8) is 0 Å². The van der Waals surface area contributed by atoms with E-state index in [-0.39, 0.29) is 12.5 Å². The summed E-state index contributed by atoms with van der Waals surface area (Å²) in [7, 11) is 1.77. The Balaban J connectivity index is 1.79. The number of rotatable bonds is 5. The Kier molecular flexibility index (Phi) is 3.37. The predicted octanol–water partition coefficient (Wildman–Crippen LogP) is 1.36. The van der Waals surface area contributed by atoms with Crippen molar-refractivity contribution in [2.75, 3.05) is 24.2 Å². The van der Waals surface area contributed by atoms with Crippen LogP contribution in [0.15, 0.2) is 24.3 Å². The van der Waals surface area contributed by atoms with Gasteiger partial charge in [-0.1, -0.05) is 12.1 Å². The van der Waals surface area contributed by atoms with Crippen LogP contribution in [0.5, 0.6) is 0 Å². The molecule has 2 aromatic rings. The van der Waals surface area contributed by atoms with Crippen LogP contribution in [0, 0.1) is 0 Å². The van der Waals surface area contributed by atoms with Crippen molar-refractivity contribution >= 4 is 28.6 Å². The van der Waals surface area contributed by atoms with Gasteiger partial charge in [-0.3, -0.25) is 4.79 Å². The Labute approximate surface area is 117 Å². The maximum atomic E-state index is 11.7. The minimum Gasteiger partial charge on any atom is -0.360 e. The fourth-order valence-electron chi connectivity index (χ4n) is 1.99. The number of nitrogens with one attached hydrogen (secondary N) is 3. The number of para-hydroxylation sites is 1. The lowest BCUT2D eigenvalue weighted by molar-refractivity contribution is -0.119. The maximum Gasteiger partial charge on any atom is 0.239 e. The minimum absolute atomic E-state index is 0.00111. The predicted molar refractivity (Wildman–Crippen MR) is 78.7 cm³/mol. The van der Waals surface area contributed by atoms with Crippen molar-refractivity contribution in [2.45, 2.75) is 18.9 Å². The van der Waals surface area contributed by atoms with Crippen molar-refractivity contribution in [1.29, 1.82) is 0 Å². The summed E-state index contributed by atoms with van der Waals surface area (Å²) in [5.41, 5.74) is 0.844. The van der Waals surface area contributed by atoms with E-state index >= 15 is 0 Å². The summed E-state index contributed by atoms with van der Waals surface area (Å²) in [6.07, 6.45) is 2.18. The summed E-state index contributed by atoms with van der Waals surface area (Å²) < 4.78 is 0. The second kappa shape index (κ2) is 5.32. The topological polar surface area (TPSA) is 78.9 Å². The monoisotopic (exact) mass is 271 g/mol. The van der Waals surface area contributed by atoms with Gasteiger partial charge in [0.2, 0.25) is 11.9 Å². The third-order valence-corrected chi connectivity index (χ3v) is 3.19. The third kappa shape index (κ3) is 2.79. The highest BCUT2D eigenvalue weighted by molar-refractivity contribution is 5.91. The molecule has 1 aliphatic rings. The Bertz CT molecular complexity index is 638. The number of benzene rings is 1. The molecular weight excluding hydrogens is 254 g/mol. The van der Waals surface area contributed by atoms with Crippen LogP contribution in [0.4, 0.5) is 11.8 Å². The van der Waals surface area contributed by atoms with E-state index in [9.17, 15) is 4.79 Å². The lowest BCUT2D eigenvalue weighted by Gasteiger charge is -2.10. The Hall–Kier alpha value is -2.37. The molecule has 0 radical (unpaired) electrons. The molecule has 0 atom stereocenters. The quantitative estimate of drug-likeness (QED) is 0.765. The summed E-state index contributed by atoms with van der Waals surface area (Å²) in [5.74, 6) is 1.21. The summed E-state index contributed by atoms with van der Waals surface area (Å²) in [6, 6.07) is 8.10. The van der Waals surface area contributed by atoms with Gasteiger partial charge in [0.1, 0.15) is 5.82 Å². The molecule has 0 unspecified atom stereocenters. The van der Waals surface area contributed by atoms with Gasteiger partial charge >= 0.3 is 0 Å². The zero-order valence-corrected chi connectivity index (χ0v) is 11.3. The van der Waals surface area contributed by atoms with Gasteiger partial charge in [-0.25, -0.2) is 4.98 Å². The van der Waals surface area contributed by atoms with Crippen LogP contribution in [0.2, 0.25) is 0 Å². The molecule has 0 saturated heterocycles. The van der Waals surface area contributed by atoms with Crippen molar-refractivity contribution in [3.8, 4) is 0 Å². The molecule has 20 heavy (non-hydrogen) atoms. The first-order chi connectivity index (χ1) is 9.76. The highest BCUT2D eigenvalue weighted by atomic mass is 16.2. The average Bonchev–Trinajstić information content (AvgIpc) is 3.28. The molecule has 1 aromatic carbocycles. The van der Waals surface area contributed by atoms with Crippen LogP contribution in [0.1, 0.15) is 12.8 Å². The number of amides is 1. The molecule has 104 valence electrons. The first-order valence-corrected chi connectivity index (χ1v) is 6.74. The summed E-state index contributed by atoms with van der Waals surface area (Å²) >= 11 is 0. The molecule has 1 aromatic heterocycles. The van der Waals surface area contributed by atoms with Gasteiger partial charge in [-0.2, -0.15) is 4.98 Å². The number of hydrogen-bond acceptors (Lipinski definition) is 5. The van der Waals surface area contributed by atoms with E-state index in [1.54, 1.807) is 7.05 Å². The SMILES string of the molecule is CNc1nc(NCC(=O)NC2CC2)c2ccccc2n1. The molecule has 6 heteroatoms. The first kappa shape index (κ1) is 12.7. The highest BCUT2D eigenvalue weighted by Crippen LogP contribution is 2.21. The van der Waals surface area contributed by atoms with Gasteiger partial charge in [0, 0.05) is 18.5 Å². The molecule has 6 nitrogen and oxygen atoms in total. The number of carbonyl (C=O) groups excluding carboxylic acids is 1. The van der Waals surface area contributed by atoms with Gasteiger partial charge in [-0.05, 0) is 25.0 Å². The summed E-state index contributed by atoms with van der Waals surface area (Å²) in [5, 5.41) is 9.87. The zero-order chi connectivity index (χ0) is 13.9. The standard InChI is InChI=1S/C14H17N5O/c1-15-14-18-11-5-3-2-4-10(11)13(19-14)16-8-12(20)17-9-6-7-9/h2-5,9H,6-8H2,1H3,(H,17,20)(H2,15,16,18,19). The van der Waals surface area contributed by atoms with Gasteiger partial charge in [0.05, 0.1) is 12.1 Å². The van der Waals surface area contributed by atoms with Crippen LogP contribution < -0.4 is 16.0 Å². The number of carbonyl (C=O) groups is 1. The number of nitrogens with zero attached hydrogens (tertiary/aromatic N) is 2. The van der Waals surface area contributed by atoms with E-state index in [4.69, 9.17) is 0 Å². The van der Waals surface area contributed by atoms with E-state index in [0.717, 1.165) is 23.7 Å². The van der Waals surface area contributed by atoms with Gasteiger partial charge in [0.25, 0.3) is 0 Å². The fraction of sp³-hybridized carbons (Fsp3) is 0.357. The molecule has 1 heterocycles. The Morgan fingerprint density at radius 2 is 2.10 bits per heavy atom. The van der Waals surface area contributed by atoms with E-state index in [0.29, 0.717) is 17.8 Å². The van der Waals surface area contributed by atoms with E-state index in [2.05, 4.69) is 25.9 Å². The zero-order valence-electron chi connectivity index (χ0n) is 11.3. The fourth-order valence-corrected chi connectivity index (χ4v) is 1.99. The average molecular weight is 271 g/mol. The van der Waals surface area contributed by atoms with Crippen molar-refractivity contribution in [1.82, 2.24) is 15.3 Å². The molecule has 1 aliphatic carbocycles. The van der Waals surface area contributed by atoms with E-state index in [1.807, 2.05) is 24.3 Å². The van der Waals surface area contributed by atoms with Crippen molar-refractivity contribution in [2.24, 2.45) is 0 Å². The molecule has 0 spiro atoms. The van der Waals surface area contributed by atoms with Crippen LogP contribution in [-0.2, 0) is 4.79 Å². The van der Waals surface area contributed by atoms with Gasteiger partial charge in [0.15, 0.2) is 0 Å². The second-order valence-electron chi connectivity index (χ2n) is 4.86. The number of aromatic nitrogens is 2. The van der Waals surface area contributed by atoms with E-state index in [1.165, 1.54) is 0 Å². The largest absolute Gasteiger partial charge is 0.360 e. The van der Waals surface area contributed by atoms with Crippen LogP contribution >= 0.6 is 0 Å². The van der Waals surface area contributed by atoms with Gasteiger partial charge < -0.3 is 16.0 Å². The normalized spacial score (nSPS) is 14.1. The molecular formula is C14H17N5O.